The molecule has 19 heteroatoms. The van der Waals surface area contributed by atoms with Crippen LogP contribution in [0.1, 0.15) is 174 Å². The van der Waals surface area contributed by atoms with Crippen LogP contribution in [0.15, 0.2) is 97.2 Å². The number of allylic oxidation sites excluding steroid dienone is 15. The predicted octanol–water partition coefficient (Wildman–Crippen LogP) is 6.54. The summed E-state index contributed by atoms with van der Waals surface area (Å²) in [5.74, 6) is -0.298. The third-order valence-electron chi connectivity index (χ3n) is 15.1. The Kier molecular flexibility index (Phi) is 41.8. The Hall–Kier alpha value is -3.29. The van der Waals surface area contributed by atoms with Crippen molar-refractivity contribution < 1.29 is 89.4 Å². The summed E-state index contributed by atoms with van der Waals surface area (Å²) < 4.78 is 34.2. The first-order valence-corrected chi connectivity index (χ1v) is 31.5. The molecule has 3 fully saturated rings. The zero-order valence-corrected chi connectivity index (χ0v) is 50.3. The number of unbranched alkanes of at least 4 members (excludes halogenated alkanes) is 15. The van der Waals surface area contributed by atoms with Gasteiger partial charge in [-0.1, -0.05) is 182 Å². The first-order valence-electron chi connectivity index (χ1n) is 31.5. The van der Waals surface area contributed by atoms with Crippen molar-refractivity contribution in [2.75, 3.05) is 26.4 Å². The third-order valence-corrected chi connectivity index (χ3v) is 15.1. The number of carbonyl (C=O) groups excluding carboxylic acids is 1. The van der Waals surface area contributed by atoms with Crippen LogP contribution < -0.4 is 5.32 Å². The van der Waals surface area contributed by atoms with Crippen molar-refractivity contribution in [1.82, 2.24) is 5.32 Å². The molecule has 3 rings (SSSR count). The minimum absolute atomic E-state index is 0.223. The second-order valence-electron chi connectivity index (χ2n) is 22.1. The van der Waals surface area contributed by atoms with Gasteiger partial charge in [-0.3, -0.25) is 4.79 Å². The maximum Gasteiger partial charge on any atom is 0.220 e. The number of hydrogen-bond acceptors (Lipinski definition) is 18. The molecule has 3 saturated heterocycles. The van der Waals surface area contributed by atoms with Gasteiger partial charge in [0, 0.05) is 6.42 Å². The summed E-state index contributed by atoms with van der Waals surface area (Å²) in [5.41, 5.74) is 0. The molecule has 0 aliphatic carbocycles. The van der Waals surface area contributed by atoms with Crippen molar-refractivity contribution in [3.05, 3.63) is 97.2 Å². The molecule has 0 spiro atoms. The van der Waals surface area contributed by atoms with Gasteiger partial charge >= 0.3 is 0 Å². The van der Waals surface area contributed by atoms with Crippen LogP contribution in [0, 0.1) is 0 Å². The summed E-state index contributed by atoms with van der Waals surface area (Å²) in [6, 6.07) is -0.996. The van der Waals surface area contributed by atoms with E-state index in [9.17, 15) is 61.0 Å². The molecule has 482 valence electrons. The van der Waals surface area contributed by atoms with Crippen molar-refractivity contribution in [1.29, 1.82) is 0 Å². The molecule has 0 aromatic carbocycles. The second kappa shape index (κ2) is 46.8. The molecule has 17 unspecified atom stereocenters. The first kappa shape index (κ1) is 75.0. The second-order valence-corrected chi connectivity index (χ2v) is 22.1. The first-order chi connectivity index (χ1) is 40.8. The fourth-order valence-corrected chi connectivity index (χ4v) is 9.97. The van der Waals surface area contributed by atoms with Gasteiger partial charge in [-0.2, -0.15) is 0 Å². The third kappa shape index (κ3) is 29.6. The molecule has 3 aliphatic rings. The normalized spacial score (nSPS) is 29.8. The largest absolute Gasteiger partial charge is 0.394 e. The van der Waals surface area contributed by atoms with Crippen LogP contribution >= 0.6 is 0 Å². The summed E-state index contributed by atoms with van der Waals surface area (Å²) in [6.07, 6.45) is 32.7. The van der Waals surface area contributed by atoms with Crippen LogP contribution in [0.3, 0.4) is 0 Å². The highest BCUT2D eigenvalue weighted by atomic mass is 16.8. The summed E-state index contributed by atoms with van der Waals surface area (Å²) >= 11 is 0. The molecule has 19 nitrogen and oxygen atoms in total. The van der Waals surface area contributed by atoms with Crippen LogP contribution in [0.25, 0.3) is 0 Å². The molecule has 12 N–H and O–H groups in total. The Morgan fingerprint density at radius 2 is 0.833 bits per heavy atom. The highest BCUT2D eigenvalue weighted by molar-refractivity contribution is 5.76. The maximum absolute atomic E-state index is 13.3. The van der Waals surface area contributed by atoms with Crippen LogP contribution in [-0.4, -0.2) is 193 Å². The molecule has 1 amide bonds. The summed E-state index contributed by atoms with van der Waals surface area (Å²) in [7, 11) is 0. The highest BCUT2D eigenvalue weighted by Gasteiger charge is 2.53. The van der Waals surface area contributed by atoms with E-state index >= 15 is 0 Å². The molecule has 0 aromatic rings. The van der Waals surface area contributed by atoms with E-state index in [4.69, 9.17) is 28.4 Å². The lowest BCUT2D eigenvalue weighted by atomic mass is 9.96. The van der Waals surface area contributed by atoms with Crippen molar-refractivity contribution in [2.45, 2.75) is 279 Å². The van der Waals surface area contributed by atoms with Gasteiger partial charge in [0.05, 0.1) is 38.6 Å². The fraction of sp³-hybridized carbons (Fsp3) is 0.738. The van der Waals surface area contributed by atoms with Crippen LogP contribution in [0.5, 0.6) is 0 Å². The number of aliphatic hydroxyl groups is 11. The van der Waals surface area contributed by atoms with Gasteiger partial charge in [-0.15, -0.1) is 0 Å². The molecule has 0 saturated carbocycles. The molecule has 84 heavy (non-hydrogen) atoms. The van der Waals surface area contributed by atoms with Gasteiger partial charge in [0.25, 0.3) is 0 Å². The van der Waals surface area contributed by atoms with Crippen molar-refractivity contribution in [3.8, 4) is 0 Å². The lowest BCUT2D eigenvalue weighted by Crippen LogP contribution is -2.66. The standard InChI is InChI=1S/C65H109NO18/c1-3-5-7-9-11-13-15-16-17-18-19-20-21-22-23-24-25-26-27-28-29-30-31-32-33-35-37-39-41-43-53(71)66-48(49(70)42-40-38-36-34-14-12-10-8-6-4-2)47-79-63-59(77)56(74)61(51(45-68)81-63)84-65-60(78)57(75)62(52(46-69)82-65)83-64-58(76)55(73)54(72)50(44-67)80-64/h5,7,11,13-14,16-17,19-20,22-23,25-26,34,40,42,48-52,54-65,67-70,72-78H,3-4,6,8-10,12,15,18,21,24,27-33,35-39,41,43-47H2,1-2H3,(H,66,71)/b7-5-,13-11-,17-16-,20-19-,23-22-,26-25-,34-14+,42-40+. The van der Waals surface area contributed by atoms with Gasteiger partial charge in [0.2, 0.25) is 5.91 Å². The van der Waals surface area contributed by atoms with Crippen LogP contribution in [0.2, 0.25) is 0 Å². The van der Waals surface area contributed by atoms with Gasteiger partial charge in [0.15, 0.2) is 18.9 Å². The molecule has 0 bridgehead atoms. The number of rotatable bonds is 45. The quantitative estimate of drug-likeness (QED) is 0.0228. The molecular weight excluding hydrogens is 1080 g/mol. The Morgan fingerprint density at radius 3 is 1.33 bits per heavy atom. The van der Waals surface area contributed by atoms with Gasteiger partial charge in [-0.05, 0) is 83.5 Å². The molecule has 3 heterocycles. The van der Waals surface area contributed by atoms with Crippen molar-refractivity contribution in [3.63, 3.8) is 0 Å². The summed E-state index contributed by atoms with van der Waals surface area (Å²) in [4.78, 5) is 13.3. The van der Waals surface area contributed by atoms with E-state index in [0.29, 0.717) is 12.8 Å². The van der Waals surface area contributed by atoms with E-state index < -0.39 is 124 Å². The Balaban J connectivity index is 1.41. The SMILES string of the molecule is CC/C=C\C/C=C\C/C=C\C/C=C\C/C=C\C/C=C\CCCCCCCCCCCCC(=O)NC(COC1OC(CO)C(OC2OC(CO)C(OC3OC(CO)C(O)C(O)C3O)C(O)C2O)C(O)C1O)C(O)/C=C/CC/C=C/CCCCCC. The van der Waals surface area contributed by atoms with E-state index in [0.717, 1.165) is 89.9 Å². The minimum atomic E-state index is -1.98. The fourth-order valence-electron chi connectivity index (χ4n) is 9.97. The molecule has 0 radical (unpaired) electrons. The average molecular weight is 1190 g/mol. The lowest BCUT2D eigenvalue weighted by molar-refractivity contribution is -0.379. The topological polar surface area (TPSA) is 307 Å². The lowest BCUT2D eigenvalue weighted by Gasteiger charge is -2.48. The molecule has 3 aliphatic heterocycles. The van der Waals surface area contributed by atoms with Crippen LogP contribution in [-0.2, 0) is 33.2 Å². The molecule has 17 atom stereocenters. The average Bonchev–Trinajstić information content (AvgIpc) is 2.80. The number of ether oxygens (including phenoxy) is 6. The van der Waals surface area contributed by atoms with E-state index in [1.165, 1.54) is 51.4 Å². The van der Waals surface area contributed by atoms with E-state index in [2.05, 4.69) is 104 Å². The minimum Gasteiger partial charge on any atom is -0.394 e. The number of aliphatic hydroxyl groups excluding tert-OH is 11. The Morgan fingerprint density at radius 1 is 0.440 bits per heavy atom. The maximum atomic E-state index is 13.3. The van der Waals surface area contributed by atoms with E-state index in [-0.39, 0.29) is 18.9 Å². The van der Waals surface area contributed by atoms with E-state index in [1.807, 2.05) is 6.08 Å². The van der Waals surface area contributed by atoms with Crippen molar-refractivity contribution in [2.24, 2.45) is 0 Å². The zero-order valence-electron chi connectivity index (χ0n) is 50.3. The van der Waals surface area contributed by atoms with Gasteiger partial charge in [-0.25, -0.2) is 0 Å². The van der Waals surface area contributed by atoms with E-state index in [1.54, 1.807) is 6.08 Å². The zero-order chi connectivity index (χ0) is 61.2. The Labute approximate surface area is 501 Å². The number of amides is 1. The van der Waals surface area contributed by atoms with Gasteiger partial charge in [0.1, 0.15) is 73.2 Å². The van der Waals surface area contributed by atoms with Crippen molar-refractivity contribution >= 4 is 5.91 Å². The monoisotopic (exact) mass is 1190 g/mol. The number of hydrogen-bond donors (Lipinski definition) is 12. The number of nitrogens with one attached hydrogen (secondary N) is 1. The highest BCUT2D eigenvalue weighted by Crippen LogP contribution is 2.33. The molecular formula is C65H109NO18. The van der Waals surface area contributed by atoms with Gasteiger partial charge < -0.3 is 89.9 Å². The molecule has 0 aromatic heterocycles. The summed E-state index contributed by atoms with van der Waals surface area (Å²) in [5, 5.41) is 120. The number of carbonyl (C=O) groups is 1. The smallest absolute Gasteiger partial charge is 0.220 e. The van der Waals surface area contributed by atoms with Crippen LogP contribution in [0.4, 0.5) is 0 Å². The Bertz CT molecular complexity index is 1910. The predicted molar refractivity (Wildman–Crippen MR) is 323 cm³/mol. The summed E-state index contributed by atoms with van der Waals surface area (Å²) in [6.45, 7) is 1.51.